The molecule has 0 bridgehead atoms. The molecular formula is C32H50N8O21. The van der Waals surface area contributed by atoms with Crippen LogP contribution in [0.1, 0.15) is 73.1 Å². The molecule has 61 heavy (non-hydrogen) atoms. The number of amides is 7. The van der Waals surface area contributed by atoms with Gasteiger partial charge in [-0.3, -0.25) is 72.5 Å². The SMILES string of the molecule is CC.CC.CC(=O)NNC(CC(=O)O)C(=O)N[C@@H](CC(=O)O)C(=O)NC(CC(=O)O)C(=O)N[C@@H](CC(=O)O)C(=O)NC(CC(=O)O)C(=O)N[C@@H](CC(=O)O)C(=O)NCC(=O)O. The van der Waals surface area contributed by atoms with Gasteiger partial charge in [-0.05, 0) is 0 Å². The molecule has 0 aromatic carbocycles. The van der Waals surface area contributed by atoms with Gasteiger partial charge in [0.15, 0.2) is 0 Å². The van der Waals surface area contributed by atoms with E-state index in [1.54, 1.807) is 26.6 Å². The summed E-state index contributed by atoms with van der Waals surface area (Å²) in [4.78, 5) is 168. The van der Waals surface area contributed by atoms with Crippen LogP contribution in [-0.2, 0) is 67.1 Å². The van der Waals surface area contributed by atoms with E-state index in [0.29, 0.717) is 0 Å². The lowest BCUT2D eigenvalue weighted by molar-refractivity contribution is -0.145. The van der Waals surface area contributed by atoms with E-state index < -0.39 is 164 Å². The first-order chi connectivity index (χ1) is 28.3. The molecule has 0 radical (unpaired) electrons. The Hall–Kier alpha value is -7.46. The van der Waals surface area contributed by atoms with Gasteiger partial charge in [-0.1, -0.05) is 27.7 Å². The minimum atomic E-state index is -2.33. The average molecular weight is 883 g/mol. The molecule has 0 saturated carbocycles. The lowest BCUT2D eigenvalue weighted by Crippen LogP contribution is -2.61. The highest BCUT2D eigenvalue weighted by atomic mass is 16.4. The quantitative estimate of drug-likeness (QED) is 0.0342. The first kappa shape index (κ1) is 57.9. The van der Waals surface area contributed by atoms with E-state index in [1.807, 2.05) is 43.9 Å². The third kappa shape index (κ3) is 27.0. The molecule has 7 amide bonds. The van der Waals surface area contributed by atoms with Crippen LogP contribution in [0.25, 0.3) is 0 Å². The molecule has 0 aliphatic heterocycles. The van der Waals surface area contributed by atoms with Crippen LogP contribution in [0.3, 0.4) is 0 Å². The fourth-order valence-electron chi connectivity index (χ4n) is 4.14. The highest BCUT2D eigenvalue weighted by molar-refractivity contribution is 6.00. The molecule has 29 heteroatoms. The summed E-state index contributed by atoms with van der Waals surface area (Å²) < 4.78 is 0. The number of hydrogen-bond acceptors (Lipinski definition) is 15. The number of nitrogens with one attached hydrogen (secondary N) is 8. The summed E-state index contributed by atoms with van der Waals surface area (Å²) in [5, 5.41) is 74.9. The Morgan fingerprint density at radius 2 is 0.557 bits per heavy atom. The van der Waals surface area contributed by atoms with Crippen molar-refractivity contribution < 1.29 is 103 Å². The number of carbonyl (C=O) groups excluding carboxylic acids is 7. The van der Waals surface area contributed by atoms with Crippen LogP contribution in [-0.4, -0.2) is 162 Å². The van der Waals surface area contributed by atoms with Crippen molar-refractivity contribution in [3.8, 4) is 0 Å². The van der Waals surface area contributed by atoms with Crippen LogP contribution < -0.4 is 42.8 Å². The number of carboxylic acids is 7. The van der Waals surface area contributed by atoms with E-state index >= 15 is 0 Å². The molecule has 0 aliphatic rings. The van der Waals surface area contributed by atoms with Gasteiger partial charge >= 0.3 is 41.8 Å². The van der Waals surface area contributed by atoms with Crippen molar-refractivity contribution in [1.29, 1.82) is 0 Å². The first-order valence-corrected chi connectivity index (χ1v) is 17.7. The molecule has 0 fully saturated rings. The molecular weight excluding hydrogens is 832 g/mol. The molecule has 6 atom stereocenters. The molecule has 3 unspecified atom stereocenters. The molecule has 0 heterocycles. The third-order valence-corrected chi connectivity index (χ3v) is 6.59. The molecule has 344 valence electrons. The lowest BCUT2D eigenvalue weighted by atomic mass is 10.1. The van der Waals surface area contributed by atoms with Crippen LogP contribution in [0.15, 0.2) is 0 Å². The standard InChI is InChI=1S/C28H38N8O21.2C2H6/c1-9(37)35-36-15(7-21(48)49)28(57)34-14(6-20(46)47)27(56)33-13(5-19(44)45)26(55)32-12(4-18(42)43)25(54)31-11(3-17(40)41)24(53)30-10(2-16(38)39)23(52)29-8-22(50)51;2*1-2/h10-15,36H,2-8H2,1H3,(H,29,52)(H,30,53)(H,31,54)(H,32,55)(H,33,56)(H,34,57)(H,35,37)(H,38,39)(H,40,41)(H,42,43)(H,44,45)(H,46,47)(H,48,49)(H,50,51);2*1-2H3/t10-,11?,12-,13?,14-,15?;;/m0../s1. The highest BCUT2D eigenvalue weighted by Gasteiger charge is 2.36. The predicted molar refractivity (Wildman–Crippen MR) is 197 cm³/mol. The maximum atomic E-state index is 13.2. The van der Waals surface area contributed by atoms with Gasteiger partial charge in [-0.25, -0.2) is 5.43 Å². The van der Waals surface area contributed by atoms with Crippen molar-refractivity contribution >= 4 is 83.1 Å². The van der Waals surface area contributed by atoms with Gasteiger partial charge < -0.3 is 67.6 Å². The summed E-state index contributed by atoms with van der Waals surface area (Å²) in [5.41, 5.74) is 3.93. The number of carboxylic acid groups (broad SMARTS) is 7. The smallest absolute Gasteiger partial charge is 0.322 e. The van der Waals surface area contributed by atoms with Gasteiger partial charge in [0.1, 0.15) is 42.8 Å². The molecule has 0 aromatic rings. The van der Waals surface area contributed by atoms with Gasteiger partial charge in [0.2, 0.25) is 41.4 Å². The summed E-state index contributed by atoms with van der Waals surface area (Å²) in [6, 6.07) is -13.0. The van der Waals surface area contributed by atoms with E-state index in [4.69, 9.17) is 15.3 Å². The van der Waals surface area contributed by atoms with E-state index in [1.165, 1.54) is 0 Å². The number of carbonyl (C=O) groups is 14. The fraction of sp³-hybridized carbons (Fsp3) is 0.562. The predicted octanol–water partition coefficient (Wildman–Crippen LogP) is -5.48. The summed E-state index contributed by atoms with van der Waals surface area (Å²) in [6.07, 6.45) is -7.57. The van der Waals surface area contributed by atoms with Gasteiger partial charge in [-0.2, -0.15) is 0 Å². The second-order valence-electron chi connectivity index (χ2n) is 11.4. The maximum absolute atomic E-state index is 13.2. The van der Waals surface area contributed by atoms with Crippen LogP contribution in [0.4, 0.5) is 0 Å². The van der Waals surface area contributed by atoms with Gasteiger partial charge in [0.25, 0.3) is 0 Å². The second kappa shape index (κ2) is 30.6. The maximum Gasteiger partial charge on any atom is 0.322 e. The third-order valence-electron chi connectivity index (χ3n) is 6.59. The van der Waals surface area contributed by atoms with Crippen LogP contribution >= 0.6 is 0 Å². The number of hydrazine groups is 1. The van der Waals surface area contributed by atoms with Crippen LogP contribution in [0.2, 0.25) is 0 Å². The van der Waals surface area contributed by atoms with Crippen molar-refractivity contribution in [2.24, 2.45) is 0 Å². The first-order valence-electron chi connectivity index (χ1n) is 17.7. The van der Waals surface area contributed by atoms with E-state index in [2.05, 4.69) is 0 Å². The Labute approximate surface area is 344 Å². The number of aliphatic carboxylic acids is 7. The van der Waals surface area contributed by atoms with Crippen molar-refractivity contribution in [2.45, 2.75) is 109 Å². The van der Waals surface area contributed by atoms with Crippen molar-refractivity contribution in [3.05, 3.63) is 0 Å². The van der Waals surface area contributed by atoms with Gasteiger partial charge in [0, 0.05) is 6.92 Å². The Kier molecular flexibility index (Phi) is 29.0. The monoisotopic (exact) mass is 882 g/mol. The molecule has 0 spiro atoms. The Morgan fingerprint density at radius 1 is 0.344 bits per heavy atom. The number of rotatable bonds is 27. The zero-order valence-corrected chi connectivity index (χ0v) is 33.3. The highest BCUT2D eigenvalue weighted by Crippen LogP contribution is 2.05. The van der Waals surface area contributed by atoms with E-state index in [0.717, 1.165) is 6.92 Å². The van der Waals surface area contributed by atoms with Crippen molar-refractivity contribution in [2.75, 3.05) is 6.54 Å². The largest absolute Gasteiger partial charge is 0.481 e. The van der Waals surface area contributed by atoms with Crippen LogP contribution in [0, 0.1) is 0 Å². The van der Waals surface area contributed by atoms with Gasteiger partial charge in [-0.15, -0.1) is 0 Å². The summed E-state index contributed by atoms with van der Waals surface area (Å²) in [7, 11) is 0. The molecule has 15 N–H and O–H groups in total. The van der Waals surface area contributed by atoms with Gasteiger partial charge in [0.05, 0.1) is 38.5 Å². The zero-order chi connectivity index (χ0) is 48.2. The summed E-state index contributed by atoms with van der Waals surface area (Å²) in [6.45, 7) is 7.92. The van der Waals surface area contributed by atoms with Crippen LogP contribution in [0.5, 0.6) is 0 Å². The summed E-state index contributed by atoms with van der Waals surface area (Å²) >= 11 is 0. The van der Waals surface area contributed by atoms with E-state index in [-0.39, 0.29) is 0 Å². The molecule has 0 rings (SSSR count). The molecule has 29 nitrogen and oxygen atoms in total. The summed E-state index contributed by atoms with van der Waals surface area (Å²) in [5.74, 6) is -22.2. The normalized spacial score (nSPS) is 12.9. The molecule has 0 saturated heterocycles. The molecule has 0 aromatic heterocycles. The van der Waals surface area contributed by atoms with E-state index in [9.17, 15) is 87.5 Å². The lowest BCUT2D eigenvalue weighted by Gasteiger charge is -2.26. The number of hydrogen-bond donors (Lipinski definition) is 15. The van der Waals surface area contributed by atoms with Crippen molar-refractivity contribution in [3.63, 3.8) is 0 Å². The topological polar surface area (TPSA) is 477 Å². The Balaban J connectivity index is -0.00000814. The fourth-order valence-corrected chi connectivity index (χ4v) is 4.14. The Morgan fingerprint density at radius 3 is 0.770 bits per heavy atom. The van der Waals surface area contributed by atoms with Crippen molar-refractivity contribution in [1.82, 2.24) is 42.8 Å². The minimum absolute atomic E-state index is 0.806. The minimum Gasteiger partial charge on any atom is -0.481 e. The molecule has 0 aliphatic carbocycles. The Bertz CT molecular complexity index is 1640. The zero-order valence-electron chi connectivity index (χ0n) is 33.3. The average Bonchev–Trinajstić information content (AvgIpc) is 3.14. The second-order valence-corrected chi connectivity index (χ2v) is 11.4.